The van der Waals surface area contributed by atoms with Crippen LogP contribution < -0.4 is 5.32 Å². The van der Waals surface area contributed by atoms with Crippen molar-refractivity contribution in [1.82, 2.24) is 4.98 Å². The van der Waals surface area contributed by atoms with E-state index in [0.29, 0.717) is 11.7 Å². The zero-order valence-electron chi connectivity index (χ0n) is 9.23. The first-order chi connectivity index (χ1) is 7.83. The van der Waals surface area contributed by atoms with Gasteiger partial charge in [0.05, 0.1) is 0 Å². The van der Waals surface area contributed by atoms with E-state index < -0.39 is 0 Å². The lowest BCUT2D eigenvalue weighted by Gasteiger charge is -2.20. The van der Waals surface area contributed by atoms with Crippen LogP contribution in [0.3, 0.4) is 0 Å². The maximum absolute atomic E-state index is 12.1. The van der Waals surface area contributed by atoms with Crippen molar-refractivity contribution in [2.24, 2.45) is 17.8 Å². The van der Waals surface area contributed by atoms with E-state index in [0.717, 1.165) is 12.3 Å². The molecule has 2 aliphatic rings. The Morgan fingerprint density at radius 1 is 1.31 bits per heavy atom. The second-order valence-corrected chi connectivity index (χ2v) is 4.99. The van der Waals surface area contributed by atoms with Crippen LogP contribution in [0.5, 0.6) is 0 Å². The fraction of sp³-hybridized carbons (Fsp3) is 0.538. The summed E-state index contributed by atoms with van der Waals surface area (Å²) in [5, 5.41) is 2.92. The first-order valence-corrected chi connectivity index (χ1v) is 6.05. The van der Waals surface area contributed by atoms with Gasteiger partial charge in [0.15, 0.2) is 0 Å². The number of anilines is 1. The Morgan fingerprint density at radius 3 is 2.88 bits per heavy atom. The van der Waals surface area contributed by atoms with E-state index in [1.165, 1.54) is 19.3 Å². The first kappa shape index (κ1) is 9.82. The third-order valence-electron chi connectivity index (χ3n) is 3.99. The van der Waals surface area contributed by atoms with Gasteiger partial charge in [-0.25, -0.2) is 4.98 Å². The molecule has 2 bridgehead atoms. The lowest BCUT2D eigenvalue weighted by Crippen LogP contribution is -2.27. The van der Waals surface area contributed by atoms with Crippen LogP contribution in [0, 0.1) is 17.8 Å². The Hall–Kier alpha value is -1.38. The second kappa shape index (κ2) is 3.89. The fourth-order valence-corrected chi connectivity index (χ4v) is 3.22. The van der Waals surface area contributed by atoms with E-state index >= 15 is 0 Å². The molecule has 0 aromatic carbocycles. The maximum atomic E-state index is 12.1. The predicted molar refractivity (Wildman–Crippen MR) is 61.8 cm³/mol. The third-order valence-corrected chi connectivity index (χ3v) is 3.99. The van der Waals surface area contributed by atoms with Gasteiger partial charge in [0.2, 0.25) is 5.91 Å². The van der Waals surface area contributed by atoms with Gasteiger partial charge in [-0.3, -0.25) is 4.79 Å². The van der Waals surface area contributed by atoms with Gasteiger partial charge in [0.25, 0.3) is 0 Å². The SMILES string of the molecule is O=C(Nc1ccccn1)[C@H]1C[C@@H]2CC[C@@H]1C2. The normalized spacial score (nSPS) is 31.6. The topological polar surface area (TPSA) is 42.0 Å². The summed E-state index contributed by atoms with van der Waals surface area (Å²) in [4.78, 5) is 16.2. The minimum absolute atomic E-state index is 0.172. The van der Waals surface area contributed by atoms with Crippen molar-refractivity contribution in [3.63, 3.8) is 0 Å². The predicted octanol–water partition coefficient (Wildman–Crippen LogP) is 2.46. The molecule has 3 atom stereocenters. The minimum atomic E-state index is 0.172. The Morgan fingerprint density at radius 2 is 2.25 bits per heavy atom. The number of aromatic nitrogens is 1. The molecular formula is C13H16N2O. The highest BCUT2D eigenvalue weighted by atomic mass is 16.2. The third kappa shape index (κ3) is 1.70. The summed E-state index contributed by atoms with van der Waals surface area (Å²) < 4.78 is 0. The number of rotatable bonds is 2. The van der Waals surface area contributed by atoms with Crippen molar-refractivity contribution in [2.75, 3.05) is 5.32 Å². The number of hydrogen-bond donors (Lipinski definition) is 1. The molecule has 0 radical (unpaired) electrons. The number of nitrogens with zero attached hydrogens (tertiary/aromatic N) is 1. The number of hydrogen-bond acceptors (Lipinski definition) is 2. The van der Waals surface area contributed by atoms with Crippen LogP contribution in [-0.2, 0) is 4.79 Å². The average molecular weight is 216 g/mol. The molecule has 1 aromatic rings. The van der Waals surface area contributed by atoms with Gasteiger partial charge >= 0.3 is 0 Å². The summed E-state index contributed by atoms with van der Waals surface area (Å²) in [6.07, 6.45) is 6.63. The van der Waals surface area contributed by atoms with Gasteiger partial charge in [-0.05, 0) is 43.2 Å². The molecule has 3 heteroatoms. The number of carbonyl (C=O) groups is 1. The first-order valence-electron chi connectivity index (χ1n) is 6.05. The molecule has 3 rings (SSSR count). The summed E-state index contributed by atoms with van der Waals surface area (Å²) in [5.74, 6) is 2.53. The number of fused-ring (bicyclic) bond motifs is 2. The van der Waals surface area contributed by atoms with Crippen molar-refractivity contribution in [3.05, 3.63) is 24.4 Å². The van der Waals surface area contributed by atoms with Gasteiger partial charge in [-0.1, -0.05) is 12.5 Å². The summed E-state index contributed by atoms with van der Waals surface area (Å²) >= 11 is 0. The highest BCUT2D eigenvalue weighted by Gasteiger charge is 2.43. The molecule has 3 nitrogen and oxygen atoms in total. The molecule has 2 fully saturated rings. The van der Waals surface area contributed by atoms with E-state index in [9.17, 15) is 4.79 Å². The van der Waals surface area contributed by atoms with Crippen molar-refractivity contribution >= 4 is 11.7 Å². The largest absolute Gasteiger partial charge is 0.310 e. The standard InChI is InChI=1S/C13H16N2O/c16-13(15-12-3-1-2-6-14-12)11-8-9-4-5-10(11)7-9/h1-3,6,9-11H,4-5,7-8H2,(H,14,15,16)/t9-,10-,11+/m1/s1. The van der Waals surface area contributed by atoms with Gasteiger partial charge in [-0.15, -0.1) is 0 Å². The van der Waals surface area contributed by atoms with Gasteiger partial charge in [0.1, 0.15) is 5.82 Å². The Labute approximate surface area is 95.3 Å². The molecule has 0 unspecified atom stereocenters. The quantitative estimate of drug-likeness (QED) is 0.825. The second-order valence-electron chi connectivity index (χ2n) is 4.99. The van der Waals surface area contributed by atoms with Crippen molar-refractivity contribution in [1.29, 1.82) is 0 Å². The smallest absolute Gasteiger partial charge is 0.228 e. The monoisotopic (exact) mass is 216 g/mol. The van der Waals surface area contributed by atoms with Crippen LogP contribution in [0.2, 0.25) is 0 Å². The lowest BCUT2D eigenvalue weighted by molar-refractivity contribution is -0.121. The van der Waals surface area contributed by atoms with E-state index in [1.807, 2.05) is 18.2 Å². The molecule has 1 N–H and O–H groups in total. The molecule has 1 aromatic heterocycles. The van der Waals surface area contributed by atoms with Crippen LogP contribution in [0.4, 0.5) is 5.82 Å². The van der Waals surface area contributed by atoms with Crippen LogP contribution in [0.25, 0.3) is 0 Å². The van der Waals surface area contributed by atoms with Crippen LogP contribution >= 0.6 is 0 Å². The average Bonchev–Trinajstić information content (AvgIpc) is 2.92. The molecule has 1 heterocycles. The molecular weight excluding hydrogens is 200 g/mol. The van der Waals surface area contributed by atoms with Crippen molar-refractivity contribution in [3.8, 4) is 0 Å². The maximum Gasteiger partial charge on any atom is 0.228 e. The summed E-state index contributed by atoms with van der Waals surface area (Å²) in [7, 11) is 0. The summed E-state index contributed by atoms with van der Waals surface area (Å²) in [5.41, 5.74) is 0. The highest BCUT2D eigenvalue weighted by molar-refractivity contribution is 5.92. The molecule has 0 spiro atoms. The molecule has 84 valence electrons. The molecule has 1 amide bonds. The zero-order chi connectivity index (χ0) is 11.0. The van der Waals surface area contributed by atoms with Crippen LogP contribution in [0.1, 0.15) is 25.7 Å². The molecule has 2 saturated carbocycles. The number of carbonyl (C=O) groups excluding carboxylic acids is 1. The van der Waals surface area contributed by atoms with Crippen LogP contribution in [-0.4, -0.2) is 10.9 Å². The summed E-state index contributed by atoms with van der Waals surface area (Å²) in [6, 6.07) is 5.59. The van der Waals surface area contributed by atoms with E-state index in [1.54, 1.807) is 6.20 Å². The molecule has 0 saturated heterocycles. The Bertz CT molecular complexity index is 390. The fourth-order valence-electron chi connectivity index (χ4n) is 3.22. The van der Waals surface area contributed by atoms with E-state index in [-0.39, 0.29) is 11.8 Å². The number of pyridine rings is 1. The Balaban J connectivity index is 1.66. The lowest BCUT2D eigenvalue weighted by atomic mass is 9.88. The van der Waals surface area contributed by atoms with Crippen molar-refractivity contribution in [2.45, 2.75) is 25.7 Å². The molecule has 0 aliphatic heterocycles. The van der Waals surface area contributed by atoms with E-state index in [4.69, 9.17) is 0 Å². The molecule has 2 aliphatic carbocycles. The van der Waals surface area contributed by atoms with Crippen LogP contribution in [0.15, 0.2) is 24.4 Å². The Kier molecular flexibility index (Phi) is 2.39. The van der Waals surface area contributed by atoms with Gasteiger partial charge < -0.3 is 5.32 Å². The summed E-state index contributed by atoms with van der Waals surface area (Å²) in [6.45, 7) is 0. The van der Waals surface area contributed by atoms with Gasteiger partial charge in [-0.2, -0.15) is 0 Å². The van der Waals surface area contributed by atoms with Crippen molar-refractivity contribution < 1.29 is 4.79 Å². The minimum Gasteiger partial charge on any atom is -0.310 e. The number of nitrogens with one attached hydrogen (secondary N) is 1. The molecule has 16 heavy (non-hydrogen) atoms. The highest BCUT2D eigenvalue weighted by Crippen LogP contribution is 2.48. The van der Waals surface area contributed by atoms with E-state index in [2.05, 4.69) is 10.3 Å². The van der Waals surface area contributed by atoms with Gasteiger partial charge in [0, 0.05) is 12.1 Å². The zero-order valence-corrected chi connectivity index (χ0v) is 9.23. The number of amides is 1.